The van der Waals surface area contributed by atoms with Crippen molar-refractivity contribution >= 4 is 5.91 Å². The van der Waals surface area contributed by atoms with Crippen molar-refractivity contribution in [2.75, 3.05) is 7.11 Å². The van der Waals surface area contributed by atoms with Gasteiger partial charge >= 0.3 is 0 Å². The topological polar surface area (TPSA) is 41.6 Å². The molecule has 0 aliphatic carbocycles. The lowest BCUT2D eigenvalue weighted by molar-refractivity contribution is -0.132. The summed E-state index contributed by atoms with van der Waals surface area (Å²) in [5.74, 6) is 1.40. The van der Waals surface area contributed by atoms with Crippen LogP contribution < -0.4 is 10.1 Å². The number of amides is 1. The van der Waals surface area contributed by atoms with Crippen molar-refractivity contribution in [3.8, 4) is 5.75 Å². The maximum Gasteiger partial charge on any atom is 0.241 e. The van der Waals surface area contributed by atoms with Crippen LogP contribution in [0, 0.1) is 5.92 Å². The second-order valence-electron chi connectivity index (χ2n) is 5.80. The first-order chi connectivity index (χ1) is 9.45. The number of rotatable bonds is 4. The standard InChI is InChI=1S/C16H24N2O2/c1-10(2)12(4)18-15(17-11(3)16(18)19)13-7-6-8-14(9-13)20-5/h6-12,15,17H,1-5H3. The molecule has 1 aromatic rings. The number of carbonyl (C=O) groups is 1. The molecule has 2 rings (SSSR count). The Hall–Kier alpha value is -1.55. The van der Waals surface area contributed by atoms with Gasteiger partial charge in [0.25, 0.3) is 0 Å². The number of methoxy groups -OCH3 is 1. The van der Waals surface area contributed by atoms with Crippen molar-refractivity contribution in [3.05, 3.63) is 29.8 Å². The third-order valence-corrected chi connectivity index (χ3v) is 4.12. The number of benzene rings is 1. The Balaban J connectivity index is 2.34. The lowest BCUT2D eigenvalue weighted by atomic mass is 10.0. The molecule has 0 saturated carbocycles. The quantitative estimate of drug-likeness (QED) is 0.919. The zero-order valence-electron chi connectivity index (χ0n) is 12.9. The summed E-state index contributed by atoms with van der Waals surface area (Å²) in [5.41, 5.74) is 1.06. The molecule has 1 aliphatic heterocycles. The number of nitrogens with one attached hydrogen (secondary N) is 1. The first-order valence-corrected chi connectivity index (χ1v) is 7.18. The van der Waals surface area contributed by atoms with Crippen molar-refractivity contribution in [3.63, 3.8) is 0 Å². The summed E-state index contributed by atoms with van der Waals surface area (Å²) in [6, 6.07) is 7.94. The van der Waals surface area contributed by atoms with Crippen LogP contribution in [0.25, 0.3) is 0 Å². The fourth-order valence-electron chi connectivity index (χ4n) is 2.56. The summed E-state index contributed by atoms with van der Waals surface area (Å²) < 4.78 is 5.28. The Labute approximate surface area is 121 Å². The third-order valence-electron chi connectivity index (χ3n) is 4.12. The van der Waals surface area contributed by atoms with Crippen LogP contribution in [0.2, 0.25) is 0 Å². The minimum atomic E-state index is -0.146. The van der Waals surface area contributed by atoms with Gasteiger partial charge in [0.1, 0.15) is 11.9 Å². The van der Waals surface area contributed by atoms with E-state index < -0.39 is 0 Å². The van der Waals surface area contributed by atoms with E-state index in [1.165, 1.54) is 0 Å². The molecular weight excluding hydrogens is 252 g/mol. The Bertz CT molecular complexity index is 487. The molecule has 0 aromatic heterocycles. The number of ether oxygens (including phenoxy) is 1. The largest absolute Gasteiger partial charge is 0.497 e. The molecule has 3 unspecified atom stereocenters. The molecule has 1 amide bonds. The summed E-state index contributed by atoms with van der Waals surface area (Å²) in [4.78, 5) is 14.4. The Morgan fingerprint density at radius 1 is 1.30 bits per heavy atom. The molecule has 1 N–H and O–H groups in total. The van der Waals surface area contributed by atoms with E-state index in [1.807, 2.05) is 36.1 Å². The van der Waals surface area contributed by atoms with E-state index in [2.05, 4.69) is 26.1 Å². The summed E-state index contributed by atoms with van der Waals surface area (Å²) in [5, 5.41) is 3.38. The normalized spacial score (nSPS) is 24.3. The van der Waals surface area contributed by atoms with Gasteiger partial charge in [-0.3, -0.25) is 10.1 Å². The van der Waals surface area contributed by atoms with Gasteiger partial charge in [-0.15, -0.1) is 0 Å². The zero-order valence-corrected chi connectivity index (χ0v) is 12.9. The maximum absolute atomic E-state index is 12.4. The highest BCUT2D eigenvalue weighted by molar-refractivity contribution is 5.84. The van der Waals surface area contributed by atoms with E-state index in [0.29, 0.717) is 5.92 Å². The Morgan fingerprint density at radius 2 is 2.00 bits per heavy atom. The van der Waals surface area contributed by atoms with E-state index in [4.69, 9.17) is 4.74 Å². The second-order valence-corrected chi connectivity index (χ2v) is 5.80. The first-order valence-electron chi connectivity index (χ1n) is 7.18. The molecule has 1 saturated heterocycles. The predicted octanol–water partition coefficient (Wildman–Crippen LogP) is 2.56. The minimum absolute atomic E-state index is 0.0787. The monoisotopic (exact) mass is 276 g/mol. The highest BCUT2D eigenvalue weighted by atomic mass is 16.5. The molecule has 4 heteroatoms. The van der Waals surface area contributed by atoms with Crippen molar-refractivity contribution in [1.82, 2.24) is 10.2 Å². The fraction of sp³-hybridized carbons (Fsp3) is 0.562. The lowest BCUT2D eigenvalue weighted by Gasteiger charge is -2.33. The summed E-state index contributed by atoms with van der Waals surface area (Å²) >= 11 is 0. The van der Waals surface area contributed by atoms with Crippen molar-refractivity contribution in [2.45, 2.75) is 45.9 Å². The molecule has 1 aliphatic rings. The Kier molecular flexibility index (Phi) is 4.33. The highest BCUT2D eigenvalue weighted by Crippen LogP contribution is 2.31. The van der Waals surface area contributed by atoms with Crippen LogP contribution in [-0.4, -0.2) is 30.0 Å². The van der Waals surface area contributed by atoms with E-state index in [0.717, 1.165) is 11.3 Å². The van der Waals surface area contributed by atoms with Crippen LogP contribution in [-0.2, 0) is 4.79 Å². The summed E-state index contributed by atoms with van der Waals surface area (Å²) in [6.07, 6.45) is -0.0787. The predicted molar refractivity (Wildman–Crippen MR) is 79.5 cm³/mol. The van der Waals surface area contributed by atoms with Gasteiger partial charge in [0.15, 0.2) is 0 Å². The molecule has 0 bridgehead atoms. The maximum atomic E-state index is 12.4. The van der Waals surface area contributed by atoms with Crippen LogP contribution in [0.3, 0.4) is 0 Å². The second kappa shape index (κ2) is 5.83. The van der Waals surface area contributed by atoms with Crippen LogP contribution >= 0.6 is 0 Å². The van der Waals surface area contributed by atoms with E-state index in [9.17, 15) is 4.79 Å². The smallest absolute Gasteiger partial charge is 0.241 e. The fourth-order valence-corrected chi connectivity index (χ4v) is 2.56. The Morgan fingerprint density at radius 3 is 2.60 bits per heavy atom. The summed E-state index contributed by atoms with van der Waals surface area (Å²) in [7, 11) is 1.66. The number of hydrogen-bond donors (Lipinski definition) is 1. The SMILES string of the molecule is COc1cccc(C2NC(C)C(=O)N2C(C)C(C)C)c1. The number of nitrogens with zero attached hydrogens (tertiary/aromatic N) is 1. The van der Waals surface area contributed by atoms with Crippen LogP contribution in [0.1, 0.15) is 39.4 Å². The molecule has 0 spiro atoms. The first kappa shape index (κ1) is 14.9. The van der Waals surface area contributed by atoms with Crippen LogP contribution in [0.15, 0.2) is 24.3 Å². The number of carbonyl (C=O) groups excluding carboxylic acids is 1. The van der Waals surface area contributed by atoms with Crippen LogP contribution in [0.4, 0.5) is 0 Å². The van der Waals surface area contributed by atoms with E-state index in [1.54, 1.807) is 7.11 Å². The van der Waals surface area contributed by atoms with Gasteiger partial charge in [0.2, 0.25) is 5.91 Å². The molecular formula is C16H24N2O2. The van der Waals surface area contributed by atoms with Crippen molar-refractivity contribution < 1.29 is 9.53 Å². The average Bonchev–Trinajstić information content (AvgIpc) is 2.74. The molecule has 0 radical (unpaired) electrons. The lowest BCUT2D eigenvalue weighted by Crippen LogP contribution is -2.41. The van der Waals surface area contributed by atoms with Gasteiger partial charge in [-0.1, -0.05) is 26.0 Å². The summed E-state index contributed by atoms with van der Waals surface area (Å²) in [6.45, 7) is 8.31. The molecule has 1 aromatic carbocycles. The van der Waals surface area contributed by atoms with Gasteiger partial charge < -0.3 is 9.64 Å². The van der Waals surface area contributed by atoms with E-state index >= 15 is 0 Å². The van der Waals surface area contributed by atoms with Gasteiger partial charge in [0, 0.05) is 6.04 Å². The third kappa shape index (κ3) is 2.66. The molecule has 4 nitrogen and oxygen atoms in total. The van der Waals surface area contributed by atoms with Crippen LogP contribution in [0.5, 0.6) is 5.75 Å². The highest BCUT2D eigenvalue weighted by Gasteiger charge is 2.40. The number of hydrogen-bond acceptors (Lipinski definition) is 3. The molecule has 1 heterocycles. The molecule has 110 valence electrons. The molecule has 3 atom stereocenters. The van der Waals surface area contributed by atoms with Gasteiger partial charge in [-0.2, -0.15) is 0 Å². The van der Waals surface area contributed by atoms with Crippen molar-refractivity contribution in [2.24, 2.45) is 5.92 Å². The van der Waals surface area contributed by atoms with Crippen molar-refractivity contribution in [1.29, 1.82) is 0 Å². The molecule has 20 heavy (non-hydrogen) atoms. The van der Waals surface area contributed by atoms with Gasteiger partial charge in [-0.05, 0) is 37.5 Å². The minimum Gasteiger partial charge on any atom is -0.497 e. The average molecular weight is 276 g/mol. The molecule has 1 fully saturated rings. The van der Waals surface area contributed by atoms with E-state index in [-0.39, 0.29) is 24.2 Å². The van der Waals surface area contributed by atoms with Gasteiger partial charge in [0.05, 0.1) is 13.2 Å². The van der Waals surface area contributed by atoms with Gasteiger partial charge in [-0.25, -0.2) is 0 Å². The zero-order chi connectivity index (χ0) is 14.9.